The molecule has 0 aliphatic carbocycles. The molecule has 1 heterocycles. The number of halogens is 3. The van der Waals surface area contributed by atoms with Gasteiger partial charge in [0.2, 0.25) is 0 Å². The minimum atomic E-state index is -4.54. The van der Waals surface area contributed by atoms with Crippen molar-refractivity contribution >= 4 is 12.6 Å². The minimum Gasteiger partial charge on any atom is -0.399 e. The van der Waals surface area contributed by atoms with Gasteiger partial charge in [-0.1, -0.05) is 12.1 Å². The van der Waals surface area contributed by atoms with Gasteiger partial charge in [-0.3, -0.25) is 0 Å². The number of hydrogen-bond donors (Lipinski definition) is 1. The average Bonchev–Trinajstić information content (AvgIpc) is 2.56. The minimum absolute atomic E-state index is 0.0710. The van der Waals surface area contributed by atoms with Crippen molar-refractivity contribution in [2.24, 2.45) is 0 Å². The molecule has 116 valence electrons. The second-order valence-electron chi connectivity index (χ2n) is 6.17. The first kappa shape index (κ1) is 16.3. The fourth-order valence-electron chi connectivity index (χ4n) is 2.12. The molecule has 1 aliphatic heterocycles. The lowest BCUT2D eigenvalue weighted by atomic mass is 9.75. The molecule has 0 aromatic heterocycles. The van der Waals surface area contributed by atoms with Gasteiger partial charge in [0.05, 0.1) is 23.4 Å². The van der Waals surface area contributed by atoms with Gasteiger partial charge in [-0.05, 0) is 44.8 Å². The Balaban J connectivity index is 2.46. The fourth-order valence-corrected chi connectivity index (χ4v) is 2.12. The van der Waals surface area contributed by atoms with Crippen LogP contribution in [-0.2, 0) is 22.1 Å². The topological polar surface area (TPSA) is 38.7 Å². The Morgan fingerprint density at radius 3 is 2.05 bits per heavy atom. The van der Waals surface area contributed by atoms with Gasteiger partial charge in [0.25, 0.3) is 0 Å². The molecular weight excluding hydrogens is 284 g/mol. The third kappa shape index (κ3) is 2.95. The molecule has 0 atom stereocenters. The van der Waals surface area contributed by atoms with Crippen molar-refractivity contribution in [1.82, 2.24) is 0 Å². The molecule has 0 bridgehead atoms. The van der Waals surface area contributed by atoms with Crippen LogP contribution in [0.1, 0.15) is 38.8 Å². The number of alkyl halides is 3. The van der Waals surface area contributed by atoms with E-state index in [0.717, 1.165) is 6.07 Å². The number of rotatable bonds is 2. The standard InChI is InChI=1S/C14H18BF3O3/c1-12(2)13(3,4)21-15(20-12)11-6-5-9(8-19)7-10(11)14(16,17)18/h5-7,19H,8H2,1-4H3. The summed E-state index contributed by atoms with van der Waals surface area (Å²) in [4.78, 5) is 0. The third-order valence-corrected chi connectivity index (χ3v) is 4.11. The molecule has 21 heavy (non-hydrogen) atoms. The Hall–Kier alpha value is -1.05. The summed E-state index contributed by atoms with van der Waals surface area (Å²) in [5.74, 6) is 0. The summed E-state index contributed by atoms with van der Waals surface area (Å²) in [5, 5.41) is 9.02. The molecule has 2 rings (SSSR count). The molecule has 0 amide bonds. The van der Waals surface area contributed by atoms with Gasteiger partial charge in [-0.25, -0.2) is 0 Å². The Morgan fingerprint density at radius 1 is 1.10 bits per heavy atom. The molecule has 0 radical (unpaired) electrons. The predicted molar refractivity (Wildman–Crippen MR) is 73.1 cm³/mol. The molecule has 1 saturated heterocycles. The number of aliphatic hydroxyl groups excluding tert-OH is 1. The molecule has 1 N–H and O–H groups in total. The zero-order chi connectivity index (χ0) is 16.1. The van der Waals surface area contributed by atoms with Crippen molar-refractivity contribution in [2.45, 2.75) is 51.7 Å². The first-order chi connectivity index (χ1) is 9.48. The van der Waals surface area contributed by atoms with E-state index in [2.05, 4.69) is 0 Å². The molecule has 7 heteroatoms. The van der Waals surface area contributed by atoms with E-state index in [-0.39, 0.29) is 11.0 Å². The van der Waals surface area contributed by atoms with Gasteiger partial charge < -0.3 is 14.4 Å². The molecular formula is C14H18BF3O3. The second-order valence-corrected chi connectivity index (χ2v) is 6.17. The van der Waals surface area contributed by atoms with Gasteiger partial charge in [0, 0.05) is 0 Å². The van der Waals surface area contributed by atoms with Crippen LogP contribution in [0.5, 0.6) is 0 Å². The number of aliphatic hydroxyl groups is 1. The van der Waals surface area contributed by atoms with Crippen LogP contribution < -0.4 is 5.46 Å². The molecule has 1 aromatic carbocycles. The molecule has 0 spiro atoms. The lowest BCUT2D eigenvalue weighted by Crippen LogP contribution is -2.41. The summed E-state index contributed by atoms with van der Waals surface area (Å²) < 4.78 is 51.0. The Labute approximate surface area is 122 Å². The molecule has 1 fully saturated rings. The Morgan fingerprint density at radius 2 is 1.62 bits per heavy atom. The van der Waals surface area contributed by atoms with Crippen LogP contribution in [0.25, 0.3) is 0 Å². The number of hydrogen-bond acceptors (Lipinski definition) is 3. The van der Waals surface area contributed by atoms with Gasteiger partial charge in [0.1, 0.15) is 0 Å². The van der Waals surface area contributed by atoms with Crippen molar-refractivity contribution in [1.29, 1.82) is 0 Å². The van der Waals surface area contributed by atoms with E-state index in [0.29, 0.717) is 0 Å². The highest BCUT2D eigenvalue weighted by Gasteiger charge is 2.53. The molecule has 1 aliphatic rings. The Kier molecular flexibility index (Phi) is 3.89. The maximum Gasteiger partial charge on any atom is 0.495 e. The van der Waals surface area contributed by atoms with Crippen molar-refractivity contribution in [3.05, 3.63) is 29.3 Å². The van der Waals surface area contributed by atoms with Crippen LogP contribution in [0.3, 0.4) is 0 Å². The second kappa shape index (κ2) is 5.00. The fraction of sp³-hybridized carbons (Fsp3) is 0.571. The summed E-state index contributed by atoms with van der Waals surface area (Å²) in [6.07, 6.45) is -4.54. The van der Waals surface area contributed by atoms with Crippen LogP contribution in [-0.4, -0.2) is 23.4 Å². The highest BCUT2D eigenvalue weighted by atomic mass is 19.4. The van der Waals surface area contributed by atoms with Crippen molar-refractivity contribution < 1.29 is 27.6 Å². The maximum absolute atomic E-state index is 13.2. The number of benzene rings is 1. The van der Waals surface area contributed by atoms with Crippen molar-refractivity contribution in [2.75, 3.05) is 0 Å². The van der Waals surface area contributed by atoms with Gasteiger partial charge >= 0.3 is 13.3 Å². The first-order valence-corrected chi connectivity index (χ1v) is 6.64. The van der Waals surface area contributed by atoms with E-state index in [1.165, 1.54) is 12.1 Å². The summed E-state index contributed by atoms with van der Waals surface area (Å²) in [5.41, 5.74) is -2.14. The van der Waals surface area contributed by atoms with Crippen LogP contribution in [0.4, 0.5) is 13.2 Å². The third-order valence-electron chi connectivity index (χ3n) is 4.11. The lowest BCUT2D eigenvalue weighted by Gasteiger charge is -2.32. The lowest BCUT2D eigenvalue weighted by molar-refractivity contribution is -0.136. The van der Waals surface area contributed by atoms with Gasteiger partial charge in [-0.15, -0.1) is 0 Å². The average molecular weight is 302 g/mol. The Bertz CT molecular complexity index is 525. The largest absolute Gasteiger partial charge is 0.495 e. The zero-order valence-corrected chi connectivity index (χ0v) is 12.4. The maximum atomic E-state index is 13.2. The predicted octanol–water partition coefficient (Wildman–Crippen LogP) is 2.50. The quantitative estimate of drug-likeness (QED) is 0.853. The van der Waals surface area contributed by atoms with Crippen molar-refractivity contribution in [3.8, 4) is 0 Å². The summed E-state index contributed by atoms with van der Waals surface area (Å²) in [6.45, 7) is 6.67. The van der Waals surface area contributed by atoms with Gasteiger partial charge in [0.15, 0.2) is 0 Å². The molecule has 0 unspecified atom stereocenters. The molecule has 1 aromatic rings. The highest BCUT2D eigenvalue weighted by Crippen LogP contribution is 2.38. The van der Waals surface area contributed by atoms with E-state index < -0.39 is 36.7 Å². The smallest absolute Gasteiger partial charge is 0.399 e. The van der Waals surface area contributed by atoms with Crippen molar-refractivity contribution in [3.63, 3.8) is 0 Å². The van der Waals surface area contributed by atoms with Crippen LogP contribution in [0.15, 0.2) is 18.2 Å². The van der Waals surface area contributed by atoms with E-state index in [4.69, 9.17) is 14.4 Å². The zero-order valence-electron chi connectivity index (χ0n) is 12.4. The summed E-state index contributed by atoms with van der Waals surface area (Å²) >= 11 is 0. The van der Waals surface area contributed by atoms with Crippen LogP contribution >= 0.6 is 0 Å². The molecule has 0 saturated carbocycles. The van der Waals surface area contributed by atoms with Gasteiger partial charge in [-0.2, -0.15) is 13.2 Å². The SMILES string of the molecule is CC1(C)OB(c2ccc(CO)cc2C(F)(F)F)OC1(C)C. The van der Waals surface area contributed by atoms with E-state index in [1.54, 1.807) is 27.7 Å². The monoisotopic (exact) mass is 302 g/mol. The van der Waals surface area contributed by atoms with E-state index >= 15 is 0 Å². The summed E-state index contributed by atoms with van der Waals surface area (Å²) in [6, 6.07) is 3.67. The van der Waals surface area contributed by atoms with E-state index in [9.17, 15) is 13.2 Å². The first-order valence-electron chi connectivity index (χ1n) is 6.64. The van der Waals surface area contributed by atoms with Crippen LogP contribution in [0, 0.1) is 0 Å². The highest BCUT2D eigenvalue weighted by molar-refractivity contribution is 6.62. The van der Waals surface area contributed by atoms with Crippen LogP contribution in [0.2, 0.25) is 0 Å². The normalized spacial score (nSPS) is 20.9. The summed E-state index contributed by atoms with van der Waals surface area (Å²) in [7, 11) is -1.08. The molecule has 3 nitrogen and oxygen atoms in total. The van der Waals surface area contributed by atoms with E-state index in [1.807, 2.05) is 0 Å².